The highest BCUT2D eigenvalue weighted by Crippen LogP contribution is 2.12. The number of rotatable bonds is 7. The van der Waals surface area contributed by atoms with E-state index >= 15 is 0 Å². The molecule has 1 aliphatic rings. The van der Waals surface area contributed by atoms with Crippen molar-refractivity contribution in [2.24, 2.45) is 0 Å². The van der Waals surface area contributed by atoms with Crippen LogP contribution in [-0.4, -0.2) is 80.6 Å². The first-order chi connectivity index (χ1) is 11.1. The van der Waals surface area contributed by atoms with Crippen molar-refractivity contribution in [2.75, 3.05) is 53.5 Å². The normalized spacial score (nSPS) is 20.2. The maximum absolute atomic E-state index is 10.2. The number of ether oxygens (including phenoxy) is 2. The zero-order valence-corrected chi connectivity index (χ0v) is 13.8. The summed E-state index contributed by atoms with van der Waals surface area (Å²) in [4.78, 5) is 4.32. The van der Waals surface area contributed by atoms with E-state index in [0.29, 0.717) is 24.5 Å². The van der Waals surface area contributed by atoms with Gasteiger partial charge in [0.1, 0.15) is 18.5 Å². The van der Waals surface area contributed by atoms with E-state index in [9.17, 15) is 5.11 Å². The first kappa shape index (κ1) is 17.7. The highest BCUT2D eigenvalue weighted by atomic mass is 16.5. The second-order valence-electron chi connectivity index (χ2n) is 6.12. The Bertz CT molecular complexity index is 513. The van der Waals surface area contributed by atoms with E-state index < -0.39 is 6.10 Å². The van der Waals surface area contributed by atoms with Crippen LogP contribution in [0, 0.1) is 11.3 Å². The van der Waals surface area contributed by atoms with Gasteiger partial charge < -0.3 is 19.5 Å². The summed E-state index contributed by atoms with van der Waals surface area (Å²) in [7, 11) is 4.06. The molecule has 0 spiro atoms. The fourth-order valence-electron chi connectivity index (χ4n) is 2.63. The Morgan fingerprint density at radius 1 is 1.43 bits per heavy atom. The Hall–Kier alpha value is -1.65. The number of aliphatic hydroxyl groups excluding tert-OH is 1. The number of likely N-dealkylation sites (N-methyl/N-ethyl adjacent to an activating group) is 1. The van der Waals surface area contributed by atoms with Crippen molar-refractivity contribution in [3.63, 3.8) is 0 Å². The summed E-state index contributed by atoms with van der Waals surface area (Å²) in [5.74, 6) is 0.663. The number of β-amino-alcohol motifs (C(OH)–C–C–N with tert-alkyl or cyclic N) is 1. The maximum Gasteiger partial charge on any atom is 0.119 e. The first-order valence-corrected chi connectivity index (χ1v) is 7.86. The molecule has 0 unspecified atom stereocenters. The molecule has 23 heavy (non-hydrogen) atoms. The predicted octanol–water partition coefficient (Wildman–Crippen LogP) is 0.560. The monoisotopic (exact) mass is 319 g/mol. The molecule has 0 saturated carbocycles. The Morgan fingerprint density at radius 3 is 2.83 bits per heavy atom. The van der Waals surface area contributed by atoms with E-state index in [1.807, 2.05) is 14.1 Å². The number of morpholine rings is 1. The first-order valence-electron chi connectivity index (χ1n) is 7.86. The summed E-state index contributed by atoms with van der Waals surface area (Å²) >= 11 is 0. The summed E-state index contributed by atoms with van der Waals surface area (Å²) in [5.41, 5.74) is 0.596. The van der Waals surface area contributed by atoms with Gasteiger partial charge in [-0.3, -0.25) is 4.90 Å². The summed E-state index contributed by atoms with van der Waals surface area (Å²) in [6.07, 6.45) is -0.367. The number of benzene rings is 1. The molecule has 0 bridgehead atoms. The molecule has 6 heteroatoms. The molecule has 2 rings (SSSR count). The third kappa shape index (κ3) is 6.16. The van der Waals surface area contributed by atoms with E-state index in [-0.39, 0.29) is 12.7 Å². The molecule has 0 aliphatic carbocycles. The maximum atomic E-state index is 10.2. The van der Waals surface area contributed by atoms with Crippen molar-refractivity contribution in [1.29, 1.82) is 5.26 Å². The number of hydrogen-bond acceptors (Lipinski definition) is 6. The molecule has 1 N–H and O–H groups in total. The molecule has 0 aromatic heterocycles. The molecule has 0 amide bonds. The van der Waals surface area contributed by atoms with Gasteiger partial charge in [0.25, 0.3) is 0 Å². The molecule has 0 radical (unpaired) electrons. The predicted molar refractivity (Wildman–Crippen MR) is 87.4 cm³/mol. The van der Waals surface area contributed by atoms with Crippen LogP contribution in [0.15, 0.2) is 24.3 Å². The summed E-state index contributed by atoms with van der Waals surface area (Å²) in [5, 5.41) is 18.9. The van der Waals surface area contributed by atoms with Gasteiger partial charge >= 0.3 is 0 Å². The highest BCUT2D eigenvalue weighted by Gasteiger charge is 2.22. The zero-order chi connectivity index (χ0) is 16.7. The van der Waals surface area contributed by atoms with Crippen molar-refractivity contribution in [3.8, 4) is 11.8 Å². The molecule has 1 aromatic rings. The van der Waals surface area contributed by atoms with Crippen LogP contribution in [0.4, 0.5) is 0 Å². The smallest absolute Gasteiger partial charge is 0.119 e. The Kier molecular flexibility index (Phi) is 6.81. The van der Waals surface area contributed by atoms with Gasteiger partial charge in [-0.15, -0.1) is 0 Å². The van der Waals surface area contributed by atoms with Crippen LogP contribution in [0.25, 0.3) is 0 Å². The van der Waals surface area contributed by atoms with Crippen molar-refractivity contribution in [3.05, 3.63) is 29.8 Å². The number of hydrogen-bond donors (Lipinski definition) is 1. The van der Waals surface area contributed by atoms with E-state index in [0.717, 1.165) is 19.6 Å². The van der Waals surface area contributed by atoms with E-state index in [2.05, 4.69) is 15.9 Å². The molecule has 1 aromatic carbocycles. The minimum absolute atomic E-state index is 0.186. The molecule has 1 heterocycles. The lowest BCUT2D eigenvalue weighted by molar-refractivity contribution is -0.0519. The molecule has 1 aliphatic heterocycles. The minimum Gasteiger partial charge on any atom is -0.491 e. The van der Waals surface area contributed by atoms with Crippen LogP contribution >= 0.6 is 0 Å². The quantitative estimate of drug-likeness (QED) is 0.792. The van der Waals surface area contributed by atoms with E-state index in [1.54, 1.807) is 24.3 Å². The summed E-state index contributed by atoms with van der Waals surface area (Å²) < 4.78 is 11.3. The highest BCUT2D eigenvalue weighted by molar-refractivity contribution is 5.34. The fraction of sp³-hybridized carbons (Fsp3) is 0.588. The lowest BCUT2D eigenvalue weighted by Crippen LogP contribution is -2.49. The minimum atomic E-state index is -0.552. The molecular weight excluding hydrogens is 294 g/mol. The van der Waals surface area contributed by atoms with Gasteiger partial charge in [-0.1, -0.05) is 0 Å². The van der Waals surface area contributed by atoms with Gasteiger partial charge in [0.15, 0.2) is 0 Å². The van der Waals surface area contributed by atoms with Crippen molar-refractivity contribution in [2.45, 2.75) is 12.2 Å². The lowest BCUT2D eigenvalue weighted by Gasteiger charge is -2.35. The average Bonchev–Trinajstić information content (AvgIpc) is 2.53. The van der Waals surface area contributed by atoms with Gasteiger partial charge in [0, 0.05) is 26.2 Å². The molecule has 2 atom stereocenters. The Balaban J connectivity index is 1.73. The molecular formula is C17H25N3O3. The van der Waals surface area contributed by atoms with Crippen molar-refractivity contribution < 1.29 is 14.6 Å². The van der Waals surface area contributed by atoms with Gasteiger partial charge in [0.2, 0.25) is 0 Å². The van der Waals surface area contributed by atoms with Gasteiger partial charge in [-0.25, -0.2) is 0 Å². The Morgan fingerprint density at radius 2 is 2.17 bits per heavy atom. The lowest BCUT2D eigenvalue weighted by atomic mass is 10.2. The van der Waals surface area contributed by atoms with E-state index in [4.69, 9.17) is 14.7 Å². The second-order valence-corrected chi connectivity index (χ2v) is 6.12. The Labute approximate surface area is 137 Å². The van der Waals surface area contributed by atoms with Crippen LogP contribution in [0.1, 0.15) is 5.56 Å². The number of nitriles is 1. The van der Waals surface area contributed by atoms with Crippen LogP contribution in [0.3, 0.4) is 0 Å². The van der Waals surface area contributed by atoms with Crippen molar-refractivity contribution >= 4 is 0 Å². The van der Waals surface area contributed by atoms with Crippen LogP contribution in [0.2, 0.25) is 0 Å². The largest absolute Gasteiger partial charge is 0.491 e. The SMILES string of the molecule is CN(C)C[C@H]1CN(C[C@@H](O)COc2ccc(C#N)cc2)CCO1. The standard InChI is InChI=1S/C17H25N3O3/c1-19(2)11-17-12-20(7-8-22-17)10-15(21)13-23-16-5-3-14(9-18)4-6-16/h3-6,15,17,21H,7-8,10-13H2,1-2H3/t15-,17+/m1/s1. The molecule has 6 nitrogen and oxygen atoms in total. The van der Waals surface area contributed by atoms with E-state index in [1.165, 1.54) is 0 Å². The van der Waals surface area contributed by atoms with Crippen LogP contribution in [0.5, 0.6) is 5.75 Å². The number of nitrogens with zero attached hydrogens (tertiary/aromatic N) is 3. The van der Waals surface area contributed by atoms with Gasteiger partial charge in [-0.2, -0.15) is 5.26 Å². The molecule has 126 valence electrons. The molecule has 1 saturated heterocycles. The summed E-state index contributed by atoms with van der Waals surface area (Å²) in [6.45, 7) is 4.05. The van der Waals surface area contributed by atoms with Crippen molar-refractivity contribution in [1.82, 2.24) is 9.80 Å². The van der Waals surface area contributed by atoms with Gasteiger partial charge in [-0.05, 0) is 38.4 Å². The zero-order valence-electron chi connectivity index (χ0n) is 13.8. The molecule has 1 fully saturated rings. The fourth-order valence-corrected chi connectivity index (χ4v) is 2.63. The summed E-state index contributed by atoms with van der Waals surface area (Å²) in [6, 6.07) is 8.96. The topological polar surface area (TPSA) is 69.0 Å². The van der Waals surface area contributed by atoms with Crippen LogP contribution in [-0.2, 0) is 4.74 Å². The van der Waals surface area contributed by atoms with Gasteiger partial charge in [0.05, 0.1) is 24.3 Å². The van der Waals surface area contributed by atoms with Crippen LogP contribution < -0.4 is 4.74 Å². The second kappa shape index (κ2) is 8.85. The third-order valence-electron chi connectivity index (χ3n) is 3.69. The number of aliphatic hydroxyl groups is 1. The average molecular weight is 319 g/mol. The third-order valence-corrected chi connectivity index (χ3v) is 3.69.